The van der Waals surface area contributed by atoms with Gasteiger partial charge < -0.3 is 14.6 Å². The summed E-state index contributed by atoms with van der Waals surface area (Å²) in [5, 5.41) is 8.58. The van der Waals surface area contributed by atoms with E-state index in [4.69, 9.17) is 0 Å². The quantitative estimate of drug-likeness (QED) is 0.754. The van der Waals surface area contributed by atoms with E-state index >= 15 is 0 Å². The zero-order valence-electron chi connectivity index (χ0n) is 11.3. The molecule has 2 N–H and O–H groups in total. The number of hydrogen-bond acceptors (Lipinski definition) is 5. The third-order valence-corrected chi connectivity index (χ3v) is 3.06. The van der Waals surface area contributed by atoms with Crippen LogP contribution in [0.1, 0.15) is 23.3 Å². The van der Waals surface area contributed by atoms with E-state index in [9.17, 15) is 14.4 Å². The third-order valence-electron chi connectivity index (χ3n) is 3.06. The van der Waals surface area contributed by atoms with Crippen molar-refractivity contribution in [1.29, 1.82) is 0 Å². The fourth-order valence-corrected chi connectivity index (χ4v) is 1.88. The van der Waals surface area contributed by atoms with Crippen molar-refractivity contribution in [3.8, 4) is 11.3 Å². The van der Waals surface area contributed by atoms with Gasteiger partial charge in [-0.15, -0.1) is 0 Å². The van der Waals surface area contributed by atoms with E-state index in [1.165, 1.54) is 31.1 Å². The second kappa shape index (κ2) is 5.16. The van der Waals surface area contributed by atoms with Crippen molar-refractivity contribution in [3.63, 3.8) is 0 Å². The first-order chi connectivity index (χ1) is 9.49. The number of fused-ring (bicyclic) bond motifs is 1. The smallest absolute Gasteiger partial charge is 0.341 e. The van der Waals surface area contributed by atoms with Crippen LogP contribution in [0.5, 0.6) is 0 Å². The molecule has 0 aromatic heterocycles. The second-order valence-corrected chi connectivity index (χ2v) is 4.22. The predicted molar refractivity (Wildman–Crippen MR) is 69.6 cm³/mol. The fraction of sp³-hybridized carbons (Fsp3) is 0.333. The van der Waals surface area contributed by atoms with Gasteiger partial charge in [-0.25, -0.2) is 9.89 Å². The van der Waals surface area contributed by atoms with Crippen molar-refractivity contribution in [2.75, 3.05) is 14.2 Å². The number of esters is 1. The fourth-order valence-electron chi connectivity index (χ4n) is 1.88. The number of pyridine rings is 1. The van der Waals surface area contributed by atoms with Gasteiger partial charge in [0.25, 0.3) is 5.56 Å². The van der Waals surface area contributed by atoms with Crippen LogP contribution in [0, 0.1) is 0 Å². The molecular formula is C12H14N4O4. The van der Waals surface area contributed by atoms with Crippen molar-refractivity contribution < 1.29 is 14.3 Å². The number of nitrogens with one attached hydrogen (secondary N) is 2. The van der Waals surface area contributed by atoms with Crippen LogP contribution in [0.2, 0.25) is 0 Å². The van der Waals surface area contributed by atoms with Gasteiger partial charge in [0.15, 0.2) is 0 Å². The maximum atomic E-state index is 11.8. The van der Waals surface area contributed by atoms with E-state index < -0.39 is 17.6 Å². The summed E-state index contributed by atoms with van der Waals surface area (Å²) in [6.45, 7) is 1.65. The van der Waals surface area contributed by atoms with Gasteiger partial charge in [-0.2, -0.15) is 5.10 Å². The highest BCUT2D eigenvalue weighted by Crippen LogP contribution is 2.22. The first-order valence-corrected chi connectivity index (χ1v) is 5.89. The minimum Gasteiger partial charge on any atom is -0.465 e. The lowest BCUT2D eigenvalue weighted by molar-refractivity contribution is -0.123. The van der Waals surface area contributed by atoms with E-state index in [0.717, 1.165) is 0 Å². The van der Waals surface area contributed by atoms with E-state index in [1.807, 2.05) is 0 Å². The molecule has 1 atom stereocenters. The number of ether oxygens (including phenoxy) is 1. The van der Waals surface area contributed by atoms with Gasteiger partial charge in [0.2, 0.25) is 5.91 Å². The van der Waals surface area contributed by atoms with Gasteiger partial charge in [-0.1, -0.05) is 0 Å². The SMILES string of the molecule is CNC(=O)[C@H](C)n1cc(C(=O)OC)c2n[nH]c(=O)c-2c1. The Balaban J connectivity index is 2.65. The Bertz CT molecular complexity index is 687. The van der Waals surface area contributed by atoms with E-state index in [0.29, 0.717) is 0 Å². The first-order valence-electron chi connectivity index (χ1n) is 5.89. The van der Waals surface area contributed by atoms with Crippen LogP contribution < -0.4 is 10.9 Å². The molecule has 2 aliphatic heterocycles. The molecule has 0 fully saturated rings. The summed E-state index contributed by atoms with van der Waals surface area (Å²) in [5.74, 6) is -0.874. The molecule has 0 bridgehead atoms. The van der Waals surface area contributed by atoms with Crippen LogP contribution in [0.25, 0.3) is 11.3 Å². The summed E-state index contributed by atoms with van der Waals surface area (Å²) in [6.07, 6.45) is 2.92. The first kappa shape index (κ1) is 13.8. The van der Waals surface area contributed by atoms with Crippen LogP contribution in [0.3, 0.4) is 0 Å². The highest BCUT2D eigenvalue weighted by Gasteiger charge is 2.24. The molecule has 2 rings (SSSR count). The van der Waals surface area contributed by atoms with Gasteiger partial charge in [0, 0.05) is 19.4 Å². The van der Waals surface area contributed by atoms with Gasteiger partial charge in [0.1, 0.15) is 17.3 Å². The van der Waals surface area contributed by atoms with E-state index in [1.54, 1.807) is 6.92 Å². The van der Waals surface area contributed by atoms with Crippen molar-refractivity contribution in [1.82, 2.24) is 20.1 Å². The molecule has 106 valence electrons. The Kier molecular flexibility index (Phi) is 3.55. The number of H-pyrrole nitrogens is 1. The summed E-state index contributed by atoms with van der Waals surface area (Å²) in [4.78, 5) is 35.1. The molecule has 1 amide bonds. The van der Waals surface area contributed by atoms with Crippen LogP contribution in [0.4, 0.5) is 0 Å². The molecule has 20 heavy (non-hydrogen) atoms. The third kappa shape index (κ3) is 2.15. The monoisotopic (exact) mass is 278 g/mol. The number of hydrogen-bond donors (Lipinski definition) is 2. The van der Waals surface area contributed by atoms with E-state index in [2.05, 4.69) is 20.3 Å². The molecular weight excluding hydrogens is 264 g/mol. The summed E-state index contributed by atoms with van der Waals surface area (Å²) >= 11 is 0. The largest absolute Gasteiger partial charge is 0.465 e. The van der Waals surface area contributed by atoms with Crippen molar-refractivity contribution in [3.05, 3.63) is 28.3 Å². The predicted octanol–water partition coefficient (Wildman–Crippen LogP) is -0.230. The molecule has 2 heterocycles. The molecule has 0 aromatic rings. The average Bonchev–Trinajstić information content (AvgIpc) is 2.85. The lowest BCUT2D eigenvalue weighted by Crippen LogP contribution is -2.28. The number of rotatable bonds is 3. The van der Waals surface area contributed by atoms with Gasteiger partial charge in [-0.05, 0) is 6.92 Å². The minimum atomic E-state index is -0.625. The number of methoxy groups -OCH3 is 1. The number of aromatic nitrogens is 3. The Morgan fingerprint density at radius 2 is 2.15 bits per heavy atom. The van der Waals surface area contributed by atoms with Crippen LogP contribution in [0.15, 0.2) is 17.2 Å². The van der Waals surface area contributed by atoms with Gasteiger partial charge in [0.05, 0.1) is 12.7 Å². The Morgan fingerprint density at radius 1 is 1.45 bits per heavy atom. The summed E-state index contributed by atoms with van der Waals surface area (Å²) in [7, 11) is 2.74. The van der Waals surface area contributed by atoms with E-state index in [-0.39, 0.29) is 22.7 Å². The minimum absolute atomic E-state index is 0.124. The molecule has 0 saturated heterocycles. The topological polar surface area (TPSA) is 106 Å². The number of likely N-dealkylation sites (N-methyl/N-ethyl adjacent to an activating group) is 1. The number of carbonyl (C=O) groups excluding carboxylic acids is 2. The van der Waals surface area contributed by atoms with Gasteiger partial charge in [-0.3, -0.25) is 9.59 Å². The second-order valence-electron chi connectivity index (χ2n) is 4.22. The molecule has 0 unspecified atom stereocenters. The van der Waals surface area contributed by atoms with Crippen molar-refractivity contribution in [2.45, 2.75) is 13.0 Å². The Hall–Kier alpha value is -2.64. The highest BCUT2D eigenvalue weighted by molar-refractivity contribution is 5.96. The molecule has 8 nitrogen and oxygen atoms in total. The van der Waals surface area contributed by atoms with Crippen LogP contribution in [-0.2, 0) is 9.53 Å². The standard InChI is InChI=1S/C12H14N4O4/c1-6(10(17)13-2)16-4-7-9(14-15-11(7)18)8(5-16)12(19)20-3/h4-6H,1-3H3,(H,13,17)(H,15,18)/t6-/m0/s1. The zero-order chi connectivity index (χ0) is 14.9. The Morgan fingerprint density at radius 3 is 2.75 bits per heavy atom. The Labute approximate surface area is 114 Å². The number of nitrogens with zero attached hydrogens (tertiary/aromatic N) is 2. The van der Waals surface area contributed by atoms with Crippen molar-refractivity contribution in [2.24, 2.45) is 0 Å². The van der Waals surface area contributed by atoms with Crippen molar-refractivity contribution >= 4 is 11.9 Å². The molecule has 0 radical (unpaired) electrons. The lowest BCUT2D eigenvalue weighted by Gasteiger charge is -2.17. The molecule has 0 aliphatic carbocycles. The normalized spacial score (nSPS) is 12.2. The number of aromatic amines is 1. The summed E-state index contributed by atoms with van der Waals surface area (Å²) in [5.41, 5.74) is 0.147. The molecule has 0 saturated carbocycles. The van der Waals surface area contributed by atoms with Crippen LogP contribution in [-0.4, -0.2) is 40.8 Å². The molecule has 2 aliphatic rings. The zero-order valence-corrected chi connectivity index (χ0v) is 11.3. The molecule has 8 heteroatoms. The highest BCUT2D eigenvalue weighted by atomic mass is 16.5. The number of carbonyl (C=O) groups is 2. The van der Waals surface area contributed by atoms with Gasteiger partial charge >= 0.3 is 5.97 Å². The lowest BCUT2D eigenvalue weighted by atomic mass is 10.1. The van der Waals surface area contributed by atoms with Crippen LogP contribution >= 0.6 is 0 Å². The number of amides is 1. The summed E-state index contributed by atoms with van der Waals surface area (Å²) < 4.78 is 6.14. The maximum absolute atomic E-state index is 11.8. The maximum Gasteiger partial charge on any atom is 0.341 e. The average molecular weight is 278 g/mol. The molecule has 0 spiro atoms. The molecule has 0 aromatic carbocycles. The summed E-state index contributed by atoms with van der Waals surface area (Å²) in [6, 6.07) is -0.581.